The van der Waals surface area contributed by atoms with E-state index in [-0.39, 0.29) is 96.4 Å². The standard InChI is InChI=1S/C21H20ClFN3O6S.K/c1-24-33(29,30)25-13-6-4-5-12(7-13)8-15-16(11-23)14-9-17(22)19(32-21(28)26(2)3)10-18(14)31-20(15)27;/h4-7,9-10,24H,8,11H2,1-3H3;/q-1;+1. The average Bonchev–Trinajstić information content (AvgIpc) is 2.75. The number of hydrogen-bond acceptors (Lipinski definition) is 6. The molecule has 0 saturated carbocycles. The van der Waals surface area contributed by atoms with E-state index in [4.69, 9.17) is 20.8 Å². The molecule has 176 valence electrons. The van der Waals surface area contributed by atoms with Crippen LogP contribution in [0, 0.1) is 0 Å². The number of carbonyl (C=O) groups is 1. The van der Waals surface area contributed by atoms with Crippen molar-refractivity contribution >= 4 is 44.6 Å². The minimum atomic E-state index is -3.85. The molecule has 9 nitrogen and oxygen atoms in total. The van der Waals surface area contributed by atoms with Crippen molar-refractivity contribution in [3.63, 3.8) is 0 Å². The van der Waals surface area contributed by atoms with Crippen LogP contribution in [0.4, 0.5) is 14.9 Å². The summed E-state index contributed by atoms with van der Waals surface area (Å²) >= 11 is 6.22. The van der Waals surface area contributed by atoms with Crippen molar-refractivity contribution in [1.29, 1.82) is 0 Å². The van der Waals surface area contributed by atoms with E-state index in [1.165, 1.54) is 50.3 Å². The van der Waals surface area contributed by atoms with Crippen LogP contribution < -0.4 is 66.5 Å². The summed E-state index contributed by atoms with van der Waals surface area (Å²) in [5.41, 5.74) is 0.000992. The first-order valence-electron chi connectivity index (χ1n) is 9.53. The maximum Gasteiger partial charge on any atom is 1.00 e. The minimum absolute atomic E-state index is 0. The van der Waals surface area contributed by atoms with Gasteiger partial charge in [-0.2, -0.15) is 0 Å². The molecule has 1 aromatic heterocycles. The monoisotopic (exact) mass is 535 g/mol. The molecule has 0 atom stereocenters. The van der Waals surface area contributed by atoms with E-state index in [0.29, 0.717) is 5.56 Å². The number of hydrogen-bond donors (Lipinski definition) is 1. The summed E-state index contributed by atoms with van der Waals surface area (Å²) in [7, 11) is 0.352. The summed E-state index contributed by atoms with van der Waals surface area (Å²) < 4.78 is 53.6. The summed E-state index contributed by atoms with van der Waals surface area (Å²) in [6, 6.07) is 8.78. The molecule has 0 aliphatic heterocycles. The molecule has 0 bridgehead atoms. The first kappa shape index (κ1) is 28.7. The van der Waals surface area contributed by atoms with Crippen LogP contribution in [-0.4, -0.2) is 40.6 Å². The van der Waals surface area contributed by atoms with E-state index in [0.717, 1.165) is 0 Å². The molecule has 13 heteroatoms. The number of benzene rings is 2. The van der Waals surface area contributed by atoms with E-state index < -0.39 is 28.6 Å². The van der Waals surface area contributed by atoms with Crippen molar-refractivity contribution in [2.75, 3.05) is 21.1 Å². The molecule has 0 aliphatic carbocycles. The number of nitrogens with zero attached hydrogens (tertiary/aromatic N) is 2. The summed E-state index contributed by atoms with van der Waals surface area (Å²) in [5.74, 6) is -0.0383. The van der Waals surface area contributed by atoms with Gasteiger partial charge in [0, 0.05) is 43.1 Å². The number of amides is 1. The van der Waals surface area contributed by atoms with E-state index in [1.807, 2.05) is 0 Å². The number of rotatable bonds is 7. The zero-order valence-electron chi connectivity index (χ0n) is 18.9. The van der Waals surface area contributed by atoms with Gasteiger partial charge in [-0.3, -0.25) is 0 Å². The molecule has 1 amide bonds. The summed E-state index contributed by atoms with van der Waals surface area (Å²) in [5, 5.41) is 0.283. The molecular weight excluding hydrogens is 516 g/mol. The SMILES string of the molecule is CNS(=O)(=O)[N-]c1cccc(Cc2c(CF)c3cc(Cl)c(OC(=O)N(C)C)cc3oc2=O)c1.[K+]. The zero-order valence-corrected chi connectivity index (χ0v) is 23.6. The zero-order chi connectivity index (χ0) is 24.3. The average molecular weight is 536 g/mol. The van der Waals surface area contributed by atoms with Crippen LogP contribution in [0.5, 0.6) is 5.75 Å². The summed E-state index contributed by atoms with van der Waals surface area (Å²) in [6.07, 6.45) is -0.721. The fourth-order valence-electron chi connectivity index (χ4n) is 3.01. The maximum atomic E-state index is 14.1. The summed E-state index contributed by atoms with van der Waals surface area (Å²) in [6.45, 7) is -0.983. The Morgan fingerprint density at radius 1 is 1.24 bits per heavy atom. The molecule has 0 unspecified atom stereocenters. The smallest absolute Gasteiger partial charge is 0.564 e. The Hall–Kier alpha value is -1.51. The van der Waals surface area contributed by atoms with Crippen LogP contribution in [-0.2, 0) is 23.3 Å². The predicted octanol–water partition coefficient (Wildman–Crippen LogP) is 1.04. The van der Waals surface area contributed by atoms with Crippen molar-refractivity contribution in [1.82, 2.24) is 9.62 Å². The first-order valence-corrected chi connectivity index (χ1v) is 11.3. The number of nitrogens with one attached hydrogen (secondary N) is 1. The Kier molecular flexibility index (Phi) is 10.1. The van der Waals surface area contributed by atoms with Gasteiger partial charge in [0.15, 0.2) is 16.0 Å². The van der Waals surface area contributed by atoms with E-state index >= 15 is 0 Å². The van der Waals surface area contributed by atoms with Gasteiger partial charge in [-0.1, -0.05) is 35.9 Å². The third-order valence-corrected chi connectivity index (χ3v) is 5.91. The third-order valence-electron chi connectivity index (χ3n) is 4.64. The molecule has 0 fully saturated rings. The van der Waals surface area contributed by atoms with Gasteiger partial charge in [0.05, 0.1) is 5.02 Å². The molecule has 34 heavy (non-hydrogen) atoms. The Bertz CT molecular complexity index is 1380. The van der Waals surface area contributed by atoms with Crippen molar-refractivity contribution in [2.45, 2.75) is 13.1 Å². The molecule has 3 rings (SSSR count). The topological polar surface area (TPSA) is 120 Å². The second-order valence-corrected chi connectivity index (χ2v) is 9.09. The predicted molar refractivity (Wildman–Crippen MR) is 122 cm³/mol. The Balaban J connectivity index is 0.00000408. The number of carbonyl (C=O) groups excluding carboxylic acids is 1. The van der Waals surface area contributed by atoms with E-state index in [2.05, 4.69) is 9.44 Å². The van der Waals surface area contributed by atoms with Gasteiger partial charge >= 0.3 is 63.1 Å². The Morgan fingerprint density at radius 2 is 1.94 bits per heavy atom. The van der Waals surface area contributed by atoms with Crippen molar-refractivity contribution in [3.8, 4) is 5.75 Å². The van der Waals surface area contributed by atoms with Crippen LogP contribution in [0.3, 0.4) is 0 Å². The number of fused-ring (bicyclic) bond motifs is 1. The quantitative estimate of drug-likeness (QED) is 0.356. The normalized spacial score (nSPS) is 11.1. The second-order valence-electron chi connectivity index (χ2n) is 7.14. The van der Waals surface area contributed by atoms with Gasteiger partial charge in [0.1, 0.15) is 12.3 Å². The van der Waals surface area contributed by atoms with Gasteiger partial charge in [0.2, 0.25) is 0 Å². The molecule has 0 radical (unpaired) electrons. The van der Waals surface area contributed by atoms with Gasteiger partial charge in [-0.05, 0) is 18.7 Å². The van der Waals surface area contributed by atoms with Crippen molar-refractivity contribution < 1.29 is 78.1 Å². The Labute approximate surface area is 243 Å². The van der Waals surface area contributed by atoms with Crippen molar-refractivity contribution in [3.05, 3.63) is 73.3 Å². The molecule has 0 aliphatic rings. The molecular formula is C21H20ClFKN3O6S. The van der Waals surface area contributed by atoms with Crippen LogP contribution in [0.25, 0.3) is 15.7 Å². The molecule has 1 heterocycles. The largest absolute Gasteiger partial charge is 1.00 e. The fourth-order valence-corrected chi connectivity index (χ4v) is 3.69. The molecule has 0 spiro atoms. The third kappa shape index (κ3) is 6.79. The van der Waals surface area contributed by atoms with E-state index in [9.17, 15) is 22.4 Å². The van der Waals surface area contributed by atoms with E-state index in [1.54, 1.807) is 12.1 Å². The minimum Gasteiger partial charge on any atom is -0.564 e. The summed E-state index contributed by atoms with van der Waals surface area (Å²) in [4.78, 5) is 25.7. The van der Waals surface area contributed by atoms with Crippen molar-refractivity contribution in [2.24, 2.45) is 0 Å². The molecule has 0 saturated heterocycles. The van der Waals surface area contributed by atoms with Gasteiger partial charge in [0.25, 0.3) is 0 Å². The first-order chi connectivity index (χ1) is 15.5. The number of halogens is 2. The second kappa shape index (κ2) is 11.9. The molecule has 1 N–H and O–H groups in total. The number of ether oxygens (including phenoxy) is 1. The maximum absolute atomic E-state index is 14.1. The molecule has 2 aromatic carbocycles. The van der Waals surface area contributed by atoms with Gasteiger partial charge in [-0.15, -0.1) is 5.69 Å². The van der Waals surface area contributed by atoms with Gasteiger partial charge in [-0.25, -0.2) is 27.1 Å². The molecule has 3 aromatic rings. The van der Waals surface area contributed by atoms with Gasteiger partial charge < -0.3 is 18.8 Å². The number of alkyl halides is 1. The van der Waals surface area contributed by atoms with Crippen LogP contribution in [0.1, 0.15) is 16.7 Å². The van der Waals surface area contributed by atoms with Crippen LogP contribution >= 0.6 is 11.6 Å². The van der Waals surface area contributed by atoms with Crippen LogP contribution in [0.2, 0.25) is 5.02 Å². The van der Waals surface area contributed by atoms with Crippen LogP contribution in [0.15, 0.2) is 45.6 Å². The fraction of sp³-hybridized carbons (Fsp3) is 0.238. The Morgan fingerprint density at radius 3 is 2.56 bits per heavy atom.